The minimum absolute atomic E-state index is 0.0365. The van der Waals surface area contributed by atoms with Gasteiger partial charge in [-0.3, -0.25) is 9.59 Å². The molecule has 2 aromatic rings. The molecule has 26 heavy (non-hydrogen) atoms. The van der Waals surface area contributed by atoms with Crippen LogP contribution in [0.25, 0.3) is 0 Å². The number of hydrogen-bond donors (Lipinski definition) is 0. The summed E-state index contributed by atoms with van der Waals surface area (Å²) in [4.78, 5) is 28.6. The molecule has 1 aliphatic rings. The van der Waals surface area contributed by atoms with E-state index in [1.54, 1.807) is 11.8 Å². The zero-order chi connectivity index (χ0) is 18.7. The molecule has 0 aliphatic carbocycles. The number of aryl methyl sites for hydroxylation is 3. The minimum Gasteiger partial charge on any atom is -0.312 e. The van der Waals surface area contributed by atoms with E-state index >= 15 is 0 Å². The van der Waals surface area contributed by atoms with Crippen LogP contribution in [-0.4, -0.2) is 24.9 Å². The molecule has 0 aromatic heterocycles. The van der Waals surface area contributed by atoms with Gasteiger partial charge in [0.1, 0.15) is 0 Å². The number of amides is 2. The molecule has 0 bridgehead atoms. The molecule has 4 heteroatoms. The molecule has 0 saturated carbocycles. The third-order valence-corrected chi connectivity index (χ3v) is 5.00. The van der Waals surface area contributed by atoms with Crippen molar-refractivity contribution in [3.63, 3.8) is 0 Å². The highest BCUT2D eigenvalue weighted by Gasteiger charge is 2.23. The topological polar surface area (TPSA) is 40.6 Å². The van der Waals surface area contributed by atoms with Crippen molar-refractivity contribution in [3.8, 4) is 0 Å². The van der Waals surface area contributed by atoms with Crippen molar-refractivity contribution in [1.82, 2.24) is 0 Å². The van der Waals surface area contributed by atoms with Gasteiger partial charge in [-0.1, -0.05) is 30.3 Å². The molecule has 136 valence electrons. The Morgan fingerprint density at radius 2 is 1.88 bits per heavy atom. The van der Waals surface area contributed by atoms with Gasteiger partial charge in [0.2, 0.25) is 11.8 Å². The smallest absolute Gasteiger partial charge is 0.228 e. The lowest BCUT2D eigenvalue weighted by Crippen LogP contribution is -2.39. The average molecular weight is 350 g/mol. The van der Waals surface area contributed by atoms with E-state index < -0.39 is 0 Å². The van der Waals surface area contributed by atoms with Crippen LogP contribution in [0.3, 0.4) is 0 Å². The Hall–Kier alpha value is -2.62. The Kier molecular flexibility index (Phi) is 5.40. The Morgan fingerprint density at radius 1 is 1.12 bits per heavy atom. The number of para-hydroxylation sites is 1. The zero-order valence-corrected chi connectivity index (χ0v) is 15.8. The predicted molar refractivity (Wildman–Crippen MR) is 106 cm³/mol. The van der Waals surface area contributed by atoms with Crippen LogP contribution in [0.4, 0.5) is 11.4 Å². The van der Waals surface area contributed by atoms with Gasteiger partial charge in [-0.25, -0.2) is 0 Å². The van der Waals surface area contributed by atoms with Gasteiger partial charge in [-0.05, 0) is 55.5 Å². The van der Waals surface area contributed by atoms with E-state index in [0.29, 0.717) is 13.0 Å². The van der Waals surface area contributed by atoms with Crippen molar-refractivity contribution in [3.05, 3.63) is 59.2 Å². The van der Waals surface area contributed by atoms with E-state index in [-0.39, 0.29) is 11.8 Å². The van der Waals surface area contributed by atoms with E-state index in [1.165, 1.54) is 5.56 Å². The van der Waals surface area contributed by atoms with E-state index in [0.717, 1.165) is 41.9 Å². The minimum atomic E-state index is -0.0365. The molecule has 2 aromatic carbocycles. The molecule has 2 amide bonds. The summed E-state index contributed by atoms with van der Waals surface area (Å²) in [6, 6.07) is 14.2. The highest BCUT2D eigenvalue weighted by atomic mass is 16.2. The second kappa shape index (κ2) is 7.73. The van der Waals surface area contributed by atoms with E-state index in [4.69, 9.17) is 0 Å². The van der Waals surface area contributed by atoms with Crippen LogP contribution in [0, 0.1) is 13.8 Å². The lowest BCUT2D eigenvalue weighted by molar-refractivity contribution is -0.118. The normalized spacial score (nSPS) is 13.3. The van der Waals surface area contributed by atoms with Gasteiger partial charge in [0.15, 0.2) is 0 Å². The number of carbonyl (C=O) groups excluding carboxylic acids is 2. The molecule has 1 aliphatic heterocycles. The first-order valence-corrected chi connectivity index (χ1v) is 9.21. The van der Waals surface area contributed by atoms with Gasteiger partial charge in [0, 0.05) is 37.8 Å². The Balaban J connectivity index is 1.75. The summed E-state index contributed by atoms with van der Waals surface area (Å²) in [7, 11) is 0. The summed E-state index contributed by atoms with van der Waals surface area (Å²) in [5.74, 6) is 0.0410. The largest absolute Gasteiger partial charge is 0.312 e. The van der Waals surface area contributed by atoms with Gasteiger partial charge in [0.05, 0.1) is 0 Å². The number of benzene rings is 2. The van der Waals surface area contributed by atoms with Crippen molar-refractivity contribution < 1.29 is 9.59 Å². The maximum absolute atomic E-state index is 12.9. The van der Waals surface area contributed by atoms with Gasteiger partial charge in [0.25, 0.3) is 0 Å². The summed E-state index contributed by atoms with van der Waals surface area (Å²) in [5.41, 5.74) is 5.29. The summed E-state index contributed by atoms with van der Waals surface area (Å²) >= 11 is 0. The van der Waals surface area contributed by atoms with Crippen LogP contribution < -0.4 is 9.80 Å². The quantitative estimate of drug-likeness (QED) is 0.835. The molecule has 0 N–H and O–H groups in total. The number of anilines is 2. The fourth-order valence-electron chi connectivity index (χ4n) is 3.59. The van der Waals surface area contributed by atoms with E-state index in [9.17, 15) is 9.59 Å². The lowest BCUT2D eigenvalue weighted by atomic mass is 10.0. The monoisotopic (exact) mass is 350 g/mol. The molecule has 0 fully saturated rings. The Morgan fingerprint density at radius 3 is 2.65 bits per heavy atom. The molecular weight excluding hydrogens is 324 g/mol. The SMILES string of the molecule is CC(=O)N(CCC(=O)N1CCCc2ccccc21)c1cc(C)ccc1C. The van der Waals surface area contributed by atoms with Gasteiger partial charge >= 0.3 is 0 Å². The zero-order valence-electron chi connectivity index (χ0n) is 15.8. The third-order valence-electron chi connectivity index (χ3n) is 5.00. The lowest BCUT2D eigenvalue weighted by Gasteiger charge is -2.30. The highest BCUT2D eigenvalue weighted by Crippen LogP contribution is 2.28. The molecule has 0 spiro atoms. The number of carbonyl (C=O) groups is 2. The first-order valence-electron chi connectivity index (χ1n) is 9.21. The molecular formula is C22H26N2O2. The highest BCUT2D eigenvalue weighted by molar-refractivity contribution is 5.97. The maximum Gasteiger partial charge on any atom is 0.228 e. The fourth-order valence-corrected chi connectivity index (χ4v) is 3.59. The van der Waals surface area contributed by atoms with Crippen molar-refractivity contribution in [2.24, 2.45) is 0 Å². The predicted octanol–water partition coefficient (Wildman–Crippen LogP) is 4.03. The van der Waals surface area contributed by atoms with Crippen molar-refractivity contribution in [1.29, 1.82) is 0 Å². The molecule has 4 nitrogen and oxygen atoms in total. The number of hydrogen-bond acceptors (Lipinski definition) is 2. The molecule has 0 atom stereocenters. The summed E-state index contributed by atoms with van der Waals surface area (Å²) in [6.45, 7) is 6.71. The van der Waals surface area contributed by atoms with Crippen molar-refractivity contribution in [2.75, 3.05) is 22.9 Å². The summed E-state index contributed by atoms with van der Waals surface area (Å²) in [5, 5.41) is 0. The summed E-state index contributed by atoms with van der Waals surface area (Å²) in [6.07, 6.45) is 2.32. The third kappa shape index (κ3) is 3.79. The van der Waals surface area contributed by atoms with Crippen LogP contribution in [0.5, 0.6) is 0 Å². The van der Waals surface area contributed by atoms with Crippen LogP contribution in [0.1, 0.15) is 36.5 Å². The van der Waals surface area contributed by atoms with Gasteiger partial charge in [-0.2, -0.15) is 0 Å². The van der Waals surface area contributed by atoms with Gasteiger partial charge in [-0.15, -0.1) is 0 Å². The van der Waals surface area contributed by atoms with E-state index in [1.807, 2.05) is 55.1 Å². The standard InChI is InChI=1S/C22H26N2O2/c1-16-10-11-17(2)21(15-16)23(18(3)25)14-12-22(26)24-13-6-8-19-7-4-5-9-20(19)24/h4-5,7,9-11,15H,6,8,12-14H2,1-3H3. The number of fused-ring (bicyclic) bond motifs is 1. The number of rotatable bonds is 4. The molecule has 0 unspecified atom stereocenters. The molecule has 0 radical (unpaired) electrons. The number of nitrogens with zero attached hydrogens (tertiary/aromatic N) is 2. The van der Waals surface area contributed by atoms with Crippen LogP contribution in [0.15, 0.2) is 42.5 Å². The Bertz CT molecular complexity index is 829. The Labute approximate surface area is 155 Å². The second-order valence-corrected chi connectivity index (χ2v) is 6.99. The summed E-state index contributed by atoms with van der Waals surface area (Å²) < 4.78 is 0. The average Bonchev–Trinajstić information content (AvgIpc) is 2.63. The van der Waals surface area contributed by atoms with E-state index in [2.05, 4.69) is 6.07 Å². The first kappa shape index (κ1) is 18.2. The molecule has 1 heterocycles. The van der Waals surface area contributed by atoms with Crippen LogP contribution in [-0.2, 0) is 16.0 Å². The van der Waals surface area contributed by atoms with Crippen LogP contribution in [0.2, 0.25) is 0 Å². The fraction of sp³-hybridized carbons (Fsp3) is 0.364. The second-order valence-electron chi connectivity index (χ2n) is 6.99. The van der Waals surface area contributed by atoms with Crippen LogP contribution >= 0.6 is 0 Å². The van der Waals surface area contributed by atoms with Crippen molar-refractivity contribution in [2.45, 2.75) is 40.0 Å². The molecule has 3 rings (SSSR count). The first-order chi connectivity index (χ1) is 12.5. The maximum atomic E-state index is 12.9. The van der Waals surface area contributed by atoms with Gasteiger partial charge < -0.3 is 9.80 Å². The van der Waals surface area contributed by atoms with Crippen molar-refractivity contribution >= 4 is 23.2 Å². The molecule has 0 saturated heterocycles.